The number of amides is 2. The van der Waals surface area contributed by atoms with Gasteiger partial charge in [-0.05, 0) is 65.4 Å². The number of rotatable bonds is 7. The van der Waals surface area contributed by atoms with E-state index < -0.39 is 0 Å². The lowest BCUT2D eigenvalue weighted by Gasteiger charge is -2.22. The van der Waals surface area contributed by atoms with Gasteiger partial charge in [0.2, 0.25) is 5.91 Å². The van der Waals surface area contributed by atoms with Gasteiger partial charge in [-0.15, -0.1) is 11.3 Å². The van der Waals surface area contributed by atoms with Crippen LogP contribution in [-0.2, 0) is 16.6 Å². The maximum atomic E-state index is 12.7. The molecule has 1 aliphatic rings. The van der Waals surface area contributed by atoms with Crippen LogP contribution in [0.3, 0.4) is 0 Å². The number of benzene rings is 3. The van der Waals surface area contributed by atoms with Crippen molar-refractivity contribution in [3.63, 3.8) is 0 Å². The molecule has 0 spiro atoms. The molecule has 1 aromatic heterocycles. The van der Waals surface area contributed by atoms with Crippen molar-refractivity contribution in [1.82, 2.24) is 10.3 Å². The van der Waals surface area contributed by atoms with E-state index in [1.807, 2.05) is 66.9 Å². The molecule has 2 amide bonds. The maximum Gasteiger partial charge on any atom is 0.251 e. The molecule has 5 rings (SSSR count). The molecule has 4 aromatic rings. The second-order valence-corrected chi connectivity index (χ2v) is 10.5. The molecule has 0 radical (unpaired) electrons. The number of aryl methyl sites for hydroxylation is 1. The summed E-state index contributed by atoms with van der Waals surface area (Å²) in [6.07, 6.45) is 1.73. The molecule has 1 atom stereocenters. The molecule has 7 nitrogen and oxygen atoms in total. The van der Waals surface area contributed by atoms with E-state index in [0.29, 0.717) is 16.3 Å². The number of anilines is 1. The number of nitrogens with one attached hydrogen (secondary N) is 2. The van der Waals surface area contributed by atoms with E-state index in [1.54, 1.807) is 12.1 Å². The lowest BCUT2D eigenvalue weighted by Crippen LogP contribution is -2.33. The number of aliphatic hydroxyl groups is 1. The van der Waals surface area contributed by atoms with Crippen LogP contribution in [0.4, 0.5) is 5.13 Å². The van der Waals surface area contributed by atoms with Gasteiger partial charge in [-0.1, -0.05) is 43.3 Å². The summed E-state index contributed by atoms with van der Waals surface area (Å²) in [5.74, 6) is -0.713. The first kappa shape index (κ1) is 25.3. The van der Waals surface area contributed by atoms with E-state index >= 15 is 0 Å². The van der Waals surface area contributed by atoms with Gasteiger partial charge in [0.25, 0.3) is 5.91 Å². The Kier molecular flexibility index (Phi) is 7.05. The fourth-order valence-electron chi connectivity index (χ4n) is 4.72. The minimum absolute atomic E-state index is 0.0297. The molecule has 1 heterocycles. The Labute approximate surface area is 224 Å². The van der Waals surface area contributed by atoms with Crippen LogP contribution < -0.4 is 10.6 Å². The summed E-state index contributed by atoms with van der Waals surface area (Å²) in [4.78, 5) is 29.7. The summed E-state index contributed by atoms with van der Waals surface area (Å²) in [6.45, 7) is 1.84. The van der Waals surface area contributed by atoms with Gasteiger partial charge in [0.05, 0.1) is 30.5 Å². The molecule has 8 heteroatoms. The van der Waals surface area contributed by atoms with E-state index in [4.69, 9.17) is 0 Å². The van der Waals surface area contributed by atoms with E-state index in [9.17, 15) is 20.0 Å². The van der Waals surface area contributed by atoms with Crippen molar-refractivity contribution in [2.45, 2.75) is 25.2 Å². The molecule has 0 saturated carbocycles. The number of carbonyl (C=O) groups excluding carboxylic acids is 2. The number of aliphatic hydroxyl groups excluding tert-OH is 1. The standard InChI is InChI=1S/C30H26N4O3S/c1-30(18-35)11-10-20-8-9-24(14-25(20)30)28(37)32-16-27(36)34-29-33-26(17-38-29)23-7-3-6-22(13-23)21-5-2-4-19(12-21)15-31/h2-9,12-14,17,35H,10-11,16,18H2,1H3,(H,32,37)(H,33,34,36). The fraction of sp³-hybridized carbons (Fsp3) is 0.200. The molecule has 0 saturated heterocycles. The molecule has 1 aliphatic carbocycles. The first-order chi connectivity index (χ1) is 18.4. The highest BCUT2D eigenvalue weighted by atomic mass is 32.1. The molecule has 190 valence electrons. The quantitative estimate of drug-likeness (QED) is 0.319. The van der Waals surface area contributed by atoms with Crippen LogP contribution in [0.25, 0.3) is 22.4 Å². The van der Waals surface area contributed by atoms with Crippen molar-refractivity contribution in [1.29, 1.82) is 5.26 Å². The minimum Gasteiger partial charge on any atom is -0.395 e. The van der Waals surface area contributed by atoms with Crippen LogP contribution in [0.1, 0.15) is 40.4 Å². The van der Waals surface area contributed by atoms with Crippen molar-refractivity contribution >= 4 is 28.3 Å². The zero-order valence-corrected chi connectivity index (χ0v) is 21.6. The third-order valence-corrected chi connectivity index (χ3v) is 7.72. The van der Waals surface area contributed by atoms with E-state index in [2.05, 4.69) is 21.7 Å². The number of hydrogen-bond acceptors (Lipinski definition) is 6. The second kappa shape index (κ2) is 10.6. The predicted octanol–water partition coefficient (Wildman–Crippen LogP) is 4.91. The van der Waals surface area contributed by atoms with Gasteiger partial charge in [0, 0.05) is 21.9 Å². The molecule has 0 aliphatic heterocycles. The average Bonchev–Trinajstić information content (AvgIpc) is 3.56. The SMILES string of the molecule is CC1(CO)CCc2ccc(C(=O)NCC(=O)Nc3nc(-c4cccc(-c5cccc(C#N)c5)c4)cs3)cc21. The zero-order valence-electron chi connectivity index (χ0n) is 20.8. The first-order valence-corrected chi connectivity index (χ1v) is 13.2. The largest absolute Gasteiger partial charge is 0.395 e. The zero-order chi connectivity index (χ0) is 26.7. The Hall–Kier alpha value is -4.32. The number of thiazole rings is 1. The topological polar surface area (TPSA) is 115 Å². The smallest absolute Gasteiger partial charge is 0.251 e. The summed E-state index contributed by atoms with van der Waals surface area (Å²) in [7, 11) is 0. The lowest BCUT2D eigenvalue weighted by atomic mass is 9.84. The van der Waals surface area contributed by atoms with Gasteiger partial charge in [0.1, 0.15) is 0 Å². The van der Waals surface area contributed by atoms with Gasteiger partial charge < -0.3 is 15.7 Å². The predicted molar refractivity (Wildman–Crippen MR) is 148 cm³/mol. The van der Waals surface area contributed by atoms with Crippen LogP contribution in [-0.4, -0.2) is 35.1 Å². The highest BCUT2D eigenvalue weighted by molar-refractivity contribution is 7.14. The van der Waals surface area contributed by atoms with E-state index in [-0.39, 0.29) is 30.4 Å². The Morgan fingerprint density at radius 1 is 1.08 bits per heavy atom. The second-order valence-electron chi connectivity index (χ2n) is 9.63. The molecule has 38 heavy (non-hydrogen) atoms. The molecule has 3 aromatic carbocycles. The van der Waals surface area contributed by atoms with Crippen molar-refractivity contribution in [3.8, 4) is 28.5 Å². The number of fused-ring (bicyclic) bond motifs is 1. The number of nitrogens with zero attached hydrogens (tertiary/aromatic N) is 2. The molecule has 0 fully saturated rings. The molecule has 3 N–H and O–H groups in total. The summed E-state index contributed by atoms with van der Waals surface area (Å²) < 4.78 is 0. The van der Waals surface area contributed by atoms with Crippen molar-refractivity contribution in [3.05, 3.63) is 94.4 Å². The van der Waals surface area contributed by atoms with Gasteiger partial charge in [-0.25, -0.2) is 4.98 Å². The normalized spacial score (nSPS) is 15.9. The van der Waals surface area contributed by atoms with Crippen LogP contribution in [0, 0.1) is 11.3 Å². The van der Waals surface area contributed by atoms with Crippen molar-refractivity contribution in [2.75, 3.05) is 18.5 Å². The van der Waals surface area contributed by atoms with Crippen molar-refractivity contribution < 1.29 is 14.7 Å². The molecule has 1 unspecified atom stereocenters. The van der Waals surface area contributed by atoms with Gasteiger partial charge in [0.15, 0.2) is 5.13 Å². The van der Waals surface area contributed by atoms with Gasteiger partial charge in [-0.3, -0.25) is 9.59 Å². The number of nitriles is 1. The van der Waals surface area contributed by atoms with Crippen LogP contribution in [0.2, 0.25) is 0 Å². The van der Waals surface area contributed by atoms with Crippen molar-refractivity contribution in [2.24, 2.45) is 0 Å². The first-order valence-electron chi connectivity index (χ1n) is 12.3. The molecule has 0 bridgehead atoms. The Bertz CT molecular complexity index is 1570. The Morgan fingerprint density at radius 2 is 1.84 bits per heavy atom. The fourth-order valence-corrected chi connectivity index (χ4v) is 5.46. The lowest BCUT2D eigenvalue weighted by molar-refractivity contribution is -0.115. The van der Waals surface area contributed by atoms with Crippen LogP contribution >= 0.6 is 11.3 Å². The summed E-state index contributed by atoms with van der Waals surface area (Å²) in [5, 5.41) is 26.7. The third kappa shape index (κ3) is 5.21. The third-order valence-electron chi connectivity index (χ3n) is 6.96. The number of aromatic nitrogens is 1. The average molecular weight is 523 g/mol. The highest BCUT2D eigenvalue weighted by Gasteiger charge is 2.34. The van der Waals surface area contributed by atoms with Gasteiger partial charge in [-0.2, -0.15) is 5.26 Å². The molecular formula is C30H26N4O3S. The van der Waals surface area contributed by atoms with E-state index in [1.165, 1.54) is 11.3 Å². The number of carbonyl (C=O) groups is 2. The summed E-state index contributed by atoms with van der Waals surface area (Å²) >= 11 is 1.30. The van der Waals surface area contributed by atoms with Crippen LogP contribution in [0.15, 0.2) is 72.1 Å². The maximum absolute atomic E-state index is 12.7. The minimum atomic E-state index is -0.373. The Morgan fingerprint density at radius 3 is 2.63 bits per heavy atom. The van der Waals surface area contributed by atoms with Gasteiger partial charge >= 0.3 is 0 Å². The van der Waals surface area contributed by atoms with Crippen LogP contribution in [0.5, 0.6) is 0 Å². The number of hydrogen-bond donors (Lipinski definition) is 3. The summed E-state index contributed by atoms with van der Waals surface area (Å²) in [5.41, 5.74) is 6.38. The molecular weight excluding hydrogens is 496 g/mol. The monoisotopic (exact) mass is 522 g/mol. The highest BCUT2D eigenvalue weighted by Crippen LogP contribution is 2.38. The Balaban J connectivity index is 1.21. The summed E-state index contributed by atoms with van der Waals surface area (Å²) in [6, 6.07) is 22.9. The van der Waals surface area contributed by atoms with E-state index in [0.717, 1.165) is 46.4 Å².